The number of hydrogen-bond donors (Lipinski definition) is 2. The van der Waals surface area contributed by atoms with E-state index in [1.165, 1.54) is 12.3 Å². The third kappa shape index (κ3) is 5.47. The molecule has 0 saturated carbocycles. The van der Waals surface area contributed by atoms with Crippen molar-refractivity contribution in [3.63, 3.8) is 0 Å². The third-order valence-corrected chi connectivity index (χ3v) is 6.01. The fraction of sp³-hybridized carbons (Fsp3) is 0.269. The molecule has 1 aromatic carbocycles. The summed E-state index contributed by atoms with van der Waals surface area (Å²) in [7, 11) is 0. The standard InChI is InChI=1S/C26H29FN6O2/c1-3-4-8-30-26(28)33-17-21(24-18(2)6-5-7-22(24)33)25(34)31-16-23(32-9-11-35-12-10-32)19-13-20(27)15-29-14-19/h3-8,13-15,17,23H,1,9-12,16H2,2H3,(H2,28,30)(H,31,34)/b8-4-. The summed E-state index contributed by atoms with van der Waals surface area (Å²) < 4.78 is 21.1. The highest BCUT2D eigenvalue weighted by Gasteiger charge is 2.25. The number of aryl methyl sites for hydroxylation is 1. The number of amides is 1. The summed E-state index contributed by atoms with van der Waals surface area (Å²) in [4.78, 5) is 23.8. The van der Waals surface area contributed by atoms with Crippen molar-refractivity contribution in [2.75, 3.05) is 32.8 Å². The molecule has 4 rings (SSSR count). The quantitative estimate of drug-likeness (QED) is 0.310. The van der Waals surface area contributed by atoms with E-state index in [4.69, 9.17) is 10.5 Å². The van der Waals surface area contributed by atoms with Crippen LogP contribution in [0.5, 0.6) is 0 Å². The number of nitrogens with two attached hydrogens (primary N) is 1. The number of aromatic nitrogens is 2. The number of carbonyl (C=O) groups excluding carboxylic acids is 1. The lowest BCUT2D eigenvalue weighted by Gasteiger charge is -2.34. The molecule has 0 spiro atoms. The van der Waals surface area contributed by atoms with Gasteiger partial charge in [-0.15, -0.1) is 0 Å². The maximum Gasteiger partial charge on any atom is 0.253 e. The van der Waals surface area contributed by atoms with Gasteiger partial charge in [0.2, 0.25) is 5.96 Å². The number of carbonyl (C=O) groups is 1. The summed E-state index contributed by atoms with van der Waals surface area (Å²) in [6.45, 7) is 8.38. The number of hydrogen-bond acceptors (Lipinski definition) is 5. The van der Waals surface area contributed by atoms with E-state index in [1.807, 2.05) is 25.1 Å². The zero-order chi connectivity index (χ0) is 24.8. The molecule has 8 nitrogen and oxygen atoms in total. The van der Waals surface area contributed by atoms with Crippen molar-refractivity contribution in [1.82, 2.24) is 19.8 Å². The van der Waals surface area contributed by atoms with E-state index in [1.54, 1.807) is 35.3 Å². The van der Waals surface area contributed by atoms with Gasteiger partial charge in [0.15, 0.2) is 0 Å². The second kappa shape index (κ2) is 11.1. The van der Waals surface area contributed by atoms with Crippen LogP contribution >= 0.6 is 0 Å². The van der Waals surface area contributed by atoms with E-state index < -0.39 is 5.82 Å². The number of rotatable bonds is 7. The van der Waals surface area contributed by atoms with Crippen LogP contribution in [-0.2, 0) is 4.74 Å². The summed E-state index contributed by atoms with van der Waals surface area (Å²) in [5.41, 5.74) is 9.13. The minimum Gasteiger partial charge on any atom is -0.379 e. The molecule has 1 aliphatic heterocycles. The molecule has 0 aliphatic carbocycles. The van der Waals surface area contributed by atoms with Gasteiger partial charge in [0.1, 0.15) is 5.82 Å². The van der Waals surface area contributed by atoms with Gasteiger partial charge in [0.25, 0.3) is 5.91 Å². The number of fused-ring (bicyclic) bond motifs is 1. The molecule has 1 saturated heterocycles. The number of halogens is 1. The number of nitrogens with one attached hydrogen (secondary N) is 1. The lowest BCUT2D eigenvalue weighted by molar-refractivity contribution is 0.0161. The molecule has 1 fully saturated rings. The predicted molar refractivity (Wildman–Crippen MR) is 135 cm³/mol. The Morgan fingerprint density at radius 2 is 2.17 bits per heavy atom. The lowest BCUT2D eigenvalue weighted by atomic mass is 10.1. The van der Waals surface area contributed by atoms with Crippen LogP contribution in [0.3, 0.4) is 0 Å². The molecule has 35 heavy (non-hydrogen) atoms. The second-order valence-corrected chi connectivity index (χ2v) is 8.26. The zero-order valence-electron chi connectivity index (χ0n) is 19.7. The van der Waals surface area contributed by atoms with E-state index in [-0.39, 0.29) is 24.5 Å². The molecule has 9 heteroatoms. The molecule has 3 aromatic rings. The maximum atomic E-state index is 13.9. The Hall–Kier alpha value is -3.82. The van der Waals surface area contributed by atoms with Crippen LogP contribution in [0, 0.1) is 12.7 Å². The predicted octanol–water partition coefficient (Wildman–Crippen LogP) is 3.15. The van der Waals surface area contributed by atoms with Gasteiger partial charge in [-0.05, 0) is 36.3 Å². The first kappa shape index (κ1) is 24.3. The van der Waals surface area contributed by atoms with Crippen molar-refractivity contribution in [3.8, 4) is 0 Å². The molecule has 2 aromatic heterocycles. The molecule has 1 unspecified atom stereocenters. The third-order valence-electron chi connectivity index (χ3n) is 6.01. The Kier molecular flexibility index (Phi) is 7.69. The zero-order valence-corrected chi connectivity index (χ0v) is 19.7. The molecule has 1 amide bonds. The summed E-state index contributed by atoms with van der Waals surface area (Å²) in [5, 5.41) is 3.84. The van der Waals surface area contributed by atoms with Gasteiger partial charge in [-0.2, -0.15) is 0 Å². The van der Waals surface area contributed by atoms with Crippen LogP contribution in [0.25, 0.3) is 10.9 Å². The molecule has 3 heterocycles. The van der Waals surface area contributed by atoms with Crippen molar-refractivity contribution in [3.05, 3.63) is 90.3 Å². The maximum absolute atomic E-state index is 13.9. The monoisotopic (exact) mass is 476 g/mol. The lowest BCUT2D eigenvalue weighted by Crippen LogP contribution is -2.43. The van der Waals surface area contributed by atoms with E-state index in [2.05, 4.69) is 26.8 Å². The number of pyridine rings is 1. The SMILES string of the molecule is C=C/C=C\N=C(N)n1cc(C(=O)NCC(c2cncc(F)c2)N2CCOCC2)c2c(C)cccc21. The van der Waals surface area contributed by atoms with Crippen LogP contribution in [0.2, 0.25) is 0 Å². The number of ether oxygens (including phenoxy) is 1. The van der Waals surface area contributed by atoms with Gasteiger partial charge < -0.3 is 15.8 Å². The van der Waals surface area contributed by atoms with Crippen molar-refractivity contribution < 1.29 is 13.9 Å². The van der Waals surface area contributed by atoms with Crippen molar-refractivity contribution in [2.24, 2.45) is 10.7 Å². The number of allylic oxidation sites excluding steroid dienone is 2. The Labute approximate surface area is 203 Å². The average molecular weight is 477 g/mol. The smallest absolute Gasteiger partial charge is 0.253 e. The second-order valence-electron chi connectivity index (χ2n) is 8.26. The van der Waals surface area contributed by atoms with Crippen molar-refractivity contribution >= 4 is 22.8 Å². The molecule has 182 valence electrons. The molecule has 1 aliphatic rings. The van der Waals surface area contributed by atoms with E-state index in [9.17, 15) is 9.18 Å². The Balaban J connectivity index is 1.63. The van der Waals surface area contributed by atoms with Crippen LogP contribution in [-0.4, -0.2) is 59.2 Å². The van der Waals surface area contributed by atoms with Crippen molar-refractivity contribution in [2.45, 2.75) is 13.0 Å². The first-order valence-electron chi connectivity index (χ1n) is 11.4. The number of nitrogens with zero attached hydrogens (tertiary/aromatic N) is 4. The largest absolute Gasteiger partial charge is 0.379 e. The van der Waals surface area contributed by atoms with Gasteiger partial charge in [-0.3, -0.25) is 19.2 Å². The van der Waals surface area contributed by atoms with E-state index >= 15 is 0 Å². The Bertz CT molecular complexity index is 1280. The normalized spacial score (nSPS) is 16.0. The minimum absolute atomic E-state index is 0.231. The minimum atomic E-state index is -0.411. The van der Waals surface area contributed by atoms with Gasteiger partial charge in [-0.25, -0.2) is 9.38 Å². The highest BCUT2D eigenvalue weighted by molar-refractivity contribution is 6.10. The topological polar surface area (TPSA) is 97.8 Å². The van der Waals surface area contributed by atoms with Gasteiger partial charge in [0.05, 0.1) is 36.5 Å². The molecule has 0 bridgehead atoms. The Morgan fingerprint density at radius 1 is 1.37 bits per heavy atom. The summed E-state index contributed by atoms with van der Waals surface area (Å²) in [6.07, 6.45) is 9.33. The first-order valence-corrected chi connectivity index (χ1v) is 11.4. The highest BCUT2D eigenvalue weighted by Crippen LogP contribution is 2.26. The van der Waals surface area contributed by atoms with Crippen LogP contribution < -0.4 is 11.1 Å². The summed E-state index contributed by atoms with van der Waals surface area (Å²) >= 11 is 0. The van der Waals surface area contributed by atoms with Gasteiger partial charge in [0, 0.05) is 43.6 Å². The van der Waals surface area contributed by atoms with Crippen LogP contribution in [0.15, 0.2) is 72.8 Å². The fourth-order valence-electron chi connectivity index (χ4n) is 4.31. The van der Waals surface area contributed by atoms with Crippen LogP contribution in [0.1, 0.15) is 27.5 Å². The first-order chi connectivity index (χ1) is 17.0. The molecule has 1 atom stereocenters. The van der Waals surface area contributed by atoms with Crippen molar-refractivity contribution in [1.29, 1.82) is 0 Å². The number of morpholine rings is 1. The summed E-state index contributed by atoms with van der Waals surface area (Å²) in [6, 6.07) is 6.98. The molecular weight excluding hydrogens is 447 g/mol. The number of benzene rings is 1. The molecule has 0 radical (unpaired) electrons. The Morgan fingerprint density at radius 3 is 2.91 bits per heavy atom. The fourth-order valence-corrected chi connectivity index (χ4v) is 4.31. The highest BCUT2D eigenvalue weighted by atomic mass is 19.1. The summed E-state index contributed by atoms with van der Waals surface area (Å²) in [5.74, 6) is -0.430. The van der Waals surface area contributed by atoms with E-state index in [0.29, 0.717) is 37.4 Å². The van der Waals surface area contributed by atoms with Crippen LogP contribution in [0.4, 0.5) is 4.39 Å². The molecular formula is C26H29FN6O2. The molecule has 3 N–H and O–H groups in total. The van der Waals surface area contributed by atoms with E-state index in [0.717, 1.165) is 16.5 Å². The van der Waals surface area contributed by atoms with Gasteiger partial charge in [-0.1, -0.05) is 24.8 Å². The average Bonchev–Trinajstić information content (AvgIpc) is 3.26. The van der Waals surface area contributed by atoms with Gasteiger partial charge >= 0.3 is 0 Å². The number of aliphatic imine (C=N–C) groups is 1.